The van der Waals surface area contributed by atoms with E-state index in [1.165, 1.54) is 18.2 Å². The Balaban J connectivity index is 3.56. The molecule has 1 rings (SSSR count). The van der Waals surface area contributed by atoms with Crippen LogP contribution in [0.3, 0.4) is 0 Å². The van der Waals surface area contributed by atoms with E-state index in [-0.39, 0.29) is 16.7 Å². The fraction of sp³-hybridized carbons (Fsp3) is 0. The van der Waals surface area contributed by atoms with Gasteiger partial charge in [0.05, 0.1) is 5.56 Å². The van der Waals surface area contributed by atoms with E-state index in [2.05, 4.69) is 0 Å². The molecular formula is C9H3Cl3O3. The van der Waals surface area contributed by atoms with Crippen molar-refractivity contribution in [3.05, 3.63) is 34.9 Å². The Kier molecular flexibility index (Phi) is 3.85. The third-order valence-electron chi connectivity index (χ3n) is 1.68. The summed E-state index contributed by atoms with van der Waals surface area (Å²) in [4.78, 5) is 32.9. The number of hydrogen-bond donors (Lipinski definition) is 0. The van der Waals surface area contributed by atoms with Gasteiger partial charge in [0.2, 0.25) is 0 Å². The molecule has 0 amide bonds. The lowest BCUT2D eigenvalue weighted by atomic mass is 10.0. The molecule has 1 aromatic rings. The standard InChI is InChI=1S/C9H3Cl3O3/c10-7(13)4-2-1-3-5(8(11)14)6(4)9(12)15/h1-3H. The van der Waals surface area contributed by atoms with Gasteiger partial charge in [-0.2, -0.15) is 0 Å². The summed E-state index contributed by atoms with van der Waals surface area (Å²) in [5, 5.41) is -2.71. The summed E-state index contributed by atoms with van der Waals surface area (Å²) in [7, 11) is 0. The molecule has 0 bridgehead atoms. The molecule has 0 unspecified atom stereocenters. The van der Waals surface area contributed by atoms with Gasteiger partial charge in [-0.15, -0.1) is 0 Å². The van der Waals surface area contributed by atoms with Gasteiger partial charge in [0, 0.05) is 11.1 Å². The molecule has 0 aliphatic rings. The minimum absolute atomic E-state index is 0.136. The molecule has 0 saturated carbocycles. The number of halogens is 3. The molecule has 0 aliphatic carbocycles. The second-order valence-corrected chi connectivity index (χ2v) is 3.58. The molecule has 1 aromatic carbocycles. The molecule has 3 nitrogen and oxygen atoms in total. The number of carbonyl (C=O) groups is 3. The first kappa shape index (κ1) is 12.2. The van der Waals surface area contributed by atoms with Crippen molar-refractivity contribution in [1.29, 1.82) is 0 Å². The molecule has 6 heteroatoms. The van der Waals surface area contributed by atoms with Gasteiger partial charge in [0.1, 0.15) is 0 Å². The third-order valence-corrected chi connectivity index (χ3v) is 2.28. The predicted octanol–water partition coefficient (Wildman–Crippen LogP) is 2.82. The molecule has 0 fully saturated rings. The lowest BCUT2D eigenvalue weighted by Gasteiger charge is -2.04. The largest absolute Gasteiger partial charge is 0.276 e. The summed E-state index contributed by atoms with van der Waals surface area (Å²) in [6.45, 7) is 0. The average molecular weight is 265 g/mol. The first-order valence-corrected chi connectivity index (χ1v) is 4.81. The molecule has 78 valence electrons. The second-order valence-electron chi connectivity index (χ2n) is 2.55. The van der Waals surface area contributed by atoms with Crippen molar-refractivity contribution in [1.82, 2.24) is 0 Å². The summed E-state index contributed by atoms with van der Waals surface area (Å²) in [6.07, 6.45) is 0. The van der Waals surface area contributed by atoms with Crippen LogP contribution in [0.1, 0.15) is 31.1 Å². The van der Waals surface area contributed by atoms with Crippen LogP contribution >= 0.6 is 34.8 Å². The van der Waals surface area contributed by atoms with Crippen molar-refractivity contribution in [2.45, 2.75) is 0 Å². The van der Waals surface area contributed by atoms with Gasteiger partial charge in [0.25, 0.3) is 15.7 Å². The van der Waals surface area contributed by atoms with Gasteiger partial charge in [-0.1, -0.05) is 6.07 Å². The van der Waals surface area contributed by atoms with Crippen LogP contribution in [0.5, 0.6) is 0 Å². The van der Waals surface area contributed by atoms with Crippen molar-refractivity contribution in [2.75, 3.05) is 0 Å². The van der Waals surface area contributed by atoms with Crippen molar-refractivity contribution < 1.29 is 14.4 Å². The molecule has 0 N–H and O–H groups in total. The molecule has 0 aromatic heterocycles. The fourth-order valence-electron chi connectivity index (χ4n) is 1.09. The van der Waals surface area contributed by atoms with Gasteiger partial charge in [0.15, 0.2) is 0 Å². The Bertz CT molecular complexity index is 422. The number of hydrogen-bond acceptors (Lipinski definition) is 3. The highest BCUT2D eigenvalue weighted by molar-refractivity contribution is 6.74. The highest BCUT2D eigenvalue weighted by Crippen LogP contribution is 2.20. The smallest absolute Gasteiger partial charge is 0.253 e. The van der Waals surface area contributed by atoms with Gasteiger partial charge < -0.3 is 0 Å². The van der Waals surface area contributed by atoms with Crippen molar-refractivity contribution in [3.8, 4) is 0 Å². The lowest BCUT2D eigenvalue weighted by Crippen LogP contribution is -2.07. The van der Waals surface area contributed by atoms with Crippen LogP contribution in [-0.4, -0.2) is 15.7 Å². The minimum atomic E-state index is -0.955. The average Bonchev–Trinajstić information content (AvgIpc) is 2.16. The monoisotopic (exact) mass is 264 g/mol. The predicted molar refractivity (Wildman–Crippen MR) is 57.0 cm³/mol. The van der Waals surface area contributed by atoms with Gasteiger partial charge >= 0.3 is 0 Å². The molecule has 0 atom stereocenters. The quantitative estimate of drug-likeness (QED) is 0.790. The summed E-state index contributed by atoms with van der Waals surface area (Å²) in [5.41, 5.74) is -0.537. The molecule has 0 aliphatic heterocycles. The van der Waals surface area contributed by atoms with E-state index in [4.69, 9.17) is 34.8 Å². The molecular weight excluding hydrogens is 262 g/mol. The summed E-state index contributed by atoms with van der Waals surface area (Å²) >= 11 is 15.7. The first-order chi connectivity index (χ1) is 6.95. The molecule has 0 spiro atoms. The van der Waals surface area contributed by atoms with Gasteiger partial charge in [-0.25, -0.2) is 0 Å². The zero-order chi connectivity index (χ0) is 11.6. The molecule has 0 heterocycles. The van der Waals surface area contributed by atoms with Crippen LogP contribution in [0.4, 0.5) is 0 Å². The Labute approximate surface area is 99.9 Å². The van der Waals surface area contributed by atoms with E-state index in [1.54, 1.807) is 0 Å². The Hall–Kier alpha value is -0.900. The van der Waals surface area contributed by atoms with Crippen LogP contribution in [0, 0.1) is 0 Å². The van der Waals surface area contributed by atoms with E-state index in [0.29, 0.717) is 0 Å². The maximum atomic E-state index is 11.0. The summed E-state index contributed by atoms with van der Waals surface area (Å²) < 4.78 is 0. The maximum absolute atomic E-state index is 11.0. The molecule has 15 heavy (non-hydrogen) atoms. The first-order valence-electron chi connectivity index (χ1n) is 3.67. The Morgan fingerprint density at radius 3 is 1.47 bits per heavy atom. The van der Waals surface area contributed by atoms with Crippen LogP contribution < -0.4 is 0 Å². The highest BCUT2D eigenvalue weighted by Gasteiger charge is 2.21. The molecule has 0 radical (unpaired) electrons. The zero-order valence-corrected chi connectivity index (χ0v) is 9.36. The van der Waals surface area contributed by atoms with E-state index < -0.39 is 15.7 Å². The summed E-state index contributed by atoms with van der Waals surface area (Å²) in [5.74, 6) is 0. The van der Waals surface area contributed by atoms with E-state index in [1.807, 2.05) is 0 Å². The van der Waals surface area contributed by atoms with Gasteiger partial charge in [-0.05, 0) is 46.9 Å². The van der Waals surface area contributed by atoms with Crippen molar-refractivity contribution in [3.63, 3.8) is 0 Å². The number of rotatable bonds is 3. The van der Waals surface area contributed by atoms with Crippen LogP contribution in [0.2, 0.25) is 0 Å². The summed E-state index contributed by atoms with van der Waals surface area (Å²) in [6, 6.07) is 3.96. The lowest BCUT2D eigenvalue weighted by molar-refractivity contribution is 0.104. The SMILES string of the molecule is O=C(Cl)c1cccc(C(=O)Cl)c1C(=O)Cl. The van der Waals surface area contributed by atoms with Crippen LogP contribution in [0.15, 0.2) is 18.2 Å². The third kappa shape index (κ3) is 2.56. The minimum Gasteiger partial charge on any atom is -0.276 e. The topological polar surface area (TPSA) is 51.2 Å². The van der Waals surface area contributed by atoms with Gasteiger partial charge in [-0.3, -0.25) is 14.4 Å². The Morgan fingerprint density at radius 2 is 1.20 bits per heavy atom. The van der Waals surface area contributed by atoms with E-state index in [0.717, 1.165) is 0 Å². The number of benzene rings is 1. The normalized spacial score (nSPS) is 9.80. The van der Waals surface area contributed by atoms with Crippen molar-refractivity contribution in [2.24, 2.45) is 0 Å². The van der Waals surface area contributed by atoms with E-state index >= 15 is 0 Å². The fourth-order valence-corrected chi connectivity index (χ4v) is 1.61. The Morgan fingerprint density at radius 1 is 0.800 bits per heavy atom. The number of carbonyl (C=O) groups excluding carboxylic acids is 3. The second kappa shape index (κ2) is 4.75. The highest BCUT2D eigenvalue weighted by atomic mass is 35.5. The maximum Gasteiger partial charge on any atom is 0.253 e. The zero-order valence-electron chi connectivity index (χ0n) is 7.09. The van der Waals surface area contributed by atoms with Crippen molar-refractivity contribution >= 4 is 50.5 Å². The van der Waals surface area contributed by atoms with E-state index in [9.17, 15) is 14.4 Å². The van der Waals surface area contributed by atoms with Crippen LogP contribution in [0.25, 0.3) is 0 Å². The van der Waals surface area contributed by atoms with Crippen LogP contribution in [-0.2, 0) is 0 Å². The molecule has 0 saturated heterocycles.